The third-order valence-electron chi connectivity index (χ3n) is 7.37. The number of fused-ring (bicyclic) bond motifs is 4. The first-order chi connectivity index (χ1) is 20.7. The molecule has 11 heteroatoms. The Hall–Kier alpha value is -3.88. The van der Waals surface area contributed by atoms with Crippen LogP contribution in [0.5, 0.6) is 0 Å². The van der Waals surface area contributed by atoms with Gasteiger partial charge < -0.3 is 14.4 Å². The highest BCUT2D eigenvalue weighted by Crippen LogP contribution is 2.46. The molecule has 1 saturated heterocycles. The molecule has 2 aliphatic rings. The van der Waals surface area contributed by atoms with E-state index in [4.69, 9.17) is 19.4 Å². The number of hydrogen-bond acceptors (Lipinski definition) is 9. The van der Waals surface area contributed by atoms with Crippen molar-refractivity contribution >= 4 is 49.4 Å². The van der Waals surface area contributed by atoms with E-state index in [0.29, 0.717) is 36.7 Å². The summed E-state index contributed by atoms with van der Waals surface area (Å²) in [5, 5.41) is 14.5. The van der Waals surface area contributed by atoms with Crippen LogP contribution in [0.3, 0.4) is 0 Å². The largest absolute Gasteiger partial charge is 0.444 e. The van der Waals surface area contributed by atoms with E-state index in [0.717, 1.165) is 76.8 Å². The molecule has 6 rings (SSSR count). The van der Waals surface area contributed by atoms with Crippen LogP contribution in [0.4, 0.5) is 20.1 Å². The van der Waals surface area contributed by atoms with Crippen LogP contribution >= 0.6 is 11.3 Å². The lowest BCUT2D eigenvalue weighted by molar-refractivity contribution is 0.0636. The number of anilines is 2. The van der Waals surface area contributed by atoms with Crippen molar-refractivity contribution in [1.82, 2.24) is 15.0 Å². The van der Waals surface area contributed by atoms with Gasteiger partial charge in [-0.25, -0.2) is 19.2 Å². The highest BCUT2D eigenvalue weighted by atomic mass is 32.1. The van der Waals surface area contributed by atoms with Crippen LogP contribution in [-0.2, 0) is 29.1 Å². The number of hydrogen-bond donors (Lipinski definition) is 1. The molecule has 1 aromatic carbocycles. The van der Waals surface area contributed by atoms with Gasteiger partial charge in [-0.3, -0.25) is 10.3 Å². The summed E-state index contributed by atoms with van der Waals surface area (Å²) in [6.07, 6.45) is 6.13. The quantitative estimate of drug-likeness (QED) is 0.245. The highest BCUT2D eigenvalue weighted by molar-refractivity contribution is 7.23. The summed E-state index contributed by atoms with van der Waals surface area (Å²) in [6.45, 7) is 14.0. The van der Waals surface area contributed by atoms with Crippen molar-refractivity contribution in [2.24, 2.45) is 0 Å². The van der Waals surface area contributed by atoms with Crippen LogP contribution in [0.15, 0.2) is 12.4 Å². The number of carbonyl (C=O) groups excluding carboxylic acids is 1. The zero-order valence-corrected chi connectivity index (χ0v) is 26.4. The Morgan fingerprint density at radius 2 is 1.91 bits per heavy atom. The predicted octanol–water partition coefficient (Wildman–Crippen LogP) is 7.87. The fourth-order valence-corrected chi connectivity index (χ4v) is 6.75. The number of nitrogens with one attached hydrogen (secondary N) is 1. The Morgan fingerprint density at radius 3 is 2.58 bits per heavy atom. The number of benzene rings is 1. The maximum atomic E-state index is 15.3. The van der Waals surface area contributed by atoms with E-state index in [2.05, 4.69) is 28.2 Å². The van der Waals surface area contributed by atoms with Crippen LogP contribution in [0.25, 0.3) is 32.2 Å². The van der Waals surface area contributed by atoms with Gasteiger partial charge in [-0.15, -0.1) is 11.3 Å². The van der Waals surface area contributed by atoms with Crippen LogP contribution in [0, 0.1) is 17.1 Å². The minimum atomic E-state index is -0.734. The van der Waals surface area contributed by atoms with E-state index >= 15 is 4.39 Å². The molecule has 9 nitrogen and oxygen atoms in total. The van der Waals surface area contributed by atoms with Crippen LogP contribution in [0.2, 0.25) is 0 Å². The molecule has 3 aromatic heterocycles. The van der Waals surface area contributed by atoms with E-state index in [1.807, 2.05) is 20.0 Å². The van der Waals surface area contributed by atoms with Gasteiger partial charge in [0.25, 0.3) is 0 Å². The fraction of sp³-hybridized carbons (Fsp3) is 0.469. The van der Waals surface area contributed by atoms with Crippen molar-refractivity contribution in [1.29, 1.82) is 5.26 Å². The third-order valence-corrected chi connectivity index (χ3v) is 8.48. The predicted molar refractivity (Wildman–Crippen MR) is 168 cm³/mol. The molecule has 0 aliphatic carbocycles. The molecule has 43 heavy (non-hydrogen) atoms. The van der Waals surface area contributed by atoms with Crippen molar-refractivity contribution in [3.05, 3.63) is 40.5 Å². The fourth-order valence-electron chi connectivity index (χ4n) is 5.72. The monoisotopic (exact) mass is 604 g/mol. The van der Waals surface area contributed by atoms with Crippen molar-refractivity contribution in [2.45, 2.75) is 86.0 Å². The summed E-state index contributed by atoms with van der Waals surface area (Å²) in [6, 6.07) is 2.20. The number of nitrogens with zero attached hydrogens (tertiary/aromatic N) is 5. The van der Waals surface area contributed by atoms with Crippen molar-refractivity contribution < 1.29 is 18.7 Å². The number of pyridine rings is 1. The maximum Gasteiger partial charge on any atom is 0.412 e. The summed E-state index contributed by atoms with van der Waals surface area (Å²) < 4.78 is 26.8. The molecule has 0 saturated carbocycles. The topological polar surface area (TPSA) is 113 Å². The molecular formula is C32H37FN6O3S. The maximum absolute atomic E-state index is 15.3. The van der Waals surface area contributed by atoms with Crippen LogP contribution in [-0.4, -0.2) is 39.7 Å². The zero-order valence-electron chi connectivity index (χ0n) is 25.6. The normalized spacial score (nSPS) is 14.4. The molecule has 0 spiro atoms. The standard InChI is InChI=1S/C30H31FN6O3S.C2H6/c1-5-8-16-22(20-15-39-14-19(20)18-12-34-28(35-24(16)18)37-9-6-7-10-37)25-23-17(11-32)27(36-29(38)40-30(2,3)4)41-26(23)21(31)13-33-25;1-2/h12-13H,5-10,14-15H2,1-4H3,(H,36,38);1-2H3. The summed E-state index contributed by atoms with van der Waals surface area (Å²) in [5.74, 6) is 0.137. The minimum absolute atomic E-state index is 0.147. The Morgan fingerprint density at radius 1 is 1.19 bits per heavy atom. The van der Waals surface area contributed by atoms with E-state index in [1.54, 1.807) is 20.8 Å². The van der Waals surface area contributed by atoms with Gasteiger partial charge in [-0.05, 0) is 56.7 Å². The molecule has 0 unspecified atom stereocenters. The highest BCUT2D eigenvalue weighted by Gasteiger charge is 2.30. The first kappa shape index (κ1) is 30.6. The second kappa shape index (κ2) is 12.4. The number of aryl methyl sites for hydroxylation is 1. The average Bonchev–Trinajstić information content (AvgIpc) is 3.74. The Labute approximate surface area is 255 Å². The molecule has 1 fully saturated rings. The van der Waals surface area contributed by atoms with Gasteiger partial charge in [0.1, 0.15) is 16.7 Å². The van der Waals surface area contributed by atoms with Crippen LogP contribution in [0.1, 0.15) is 83.1 Å². The van der Waals surface area contributed by atoms with Gasteiger partial charge in [0.2, 0.25) is 5.95 Å². The Balaban J connectivity index is 0.00000180. The summed E-state index contributed by atoms with van der Waals surface area (Å²) in [5.41, 5.74) is 4.48. The lowest BCUT2D eigenvalue weighted by atomic mass is 9.88. The third kappa shape index (κ3) is 5.74. The second-order valence-electron chi connectivity index (χ2n) is 11.4. The Kier molecular flexibility index (Phi) is 8.81. The number of nitriles is 1. The second-order valence-corrected chi connectivity index (χ2v) is 12.4. The molecule has 226 valence electrons. The Bertz CT molecular complexity index is 1730. The molecule has 1 N–H and O–H groups in total. The van der Waals surface area contributed by atoms with Crippen molar-refractivity contribution in [3.8, 4) is 17.3 Å². The molecule has 0 atom stereocenters. The van der Waals surface area contributed by atoms with Gasteiger partial charge in [-0.2, -0.15) is 5.26 Å². The van der Waals surface area contributed by atoms with E-state index < -0.39 is 17.5 Å². The first-order valence-corrected chi connectivity index (χ1v) is 15.7. The number of amides is 1. The van der Waals surface area contributed by atoms with Gasteiger partial charge in [0.15, 0.2) is 5.82 Å². The molecule has 4 aromatic rings. The number of ether oxygens (including phenoxy) is 2. The number of rotatable bonds is 5. The number of carbonyl (C=O) groups is 1. The molecule has 5 heterocycles. The van der Waals surface area contributed by atoms with Gasteiger partial charge in [-0.1, -0.05) is 27.2 Å². The lowest BCUT2D eigenvalue weighted by Gasteiger charge is -2.20. The van der Waals surface area contributed by atoms with E-state index in [1.165, 1.54) is 6.20 Å². The molecular weight excluding hydrogens is 567 g/mol. The summed E-state index contributed by atoms with van der Waals surface area (Å²) in [7, 11) is 0. The zero-order chi connectivity index (χ0) is 30.9. The average molecular weight is 605 g/mol. The lowest BCUT2D eigenvalue weighted by Crippen LogP contribution is -2.27. The van der Waals surface area contributed by atoms with Gasteiger partial charge in [0, 0.05) is 35.6 Å². The SMILES string of the molecule is CC.CCCc1c(-c2ncc(F)c3sc(NC(=O)OC(C)(C)C)c(C#N)c23)c2c(c3cnc(N4CCCC4)nc13)COC2. The molecule has 0 bridgehead atoms. The summed E-state index contributed by atoms with van der Waals surface area (Å²) >= 11 is 1.00. The summed E-state index contributed by atoms with van der Waals surface area (Å²) in [4.78, 5) is 29.2. The molecule has 0 radical (unpaired) electrons. The minimum Gasteiger partial charge on any atom is -0.444 e. The van der Waals surface area contributed by atoms with Crippen molar-refractivity contribution in [2.75, 3.05) is 23.3 Å². The molecule has 1 amide bonds. The van der Waals surface area contributed by atoms with Crippen molar-refractivity contribution in [3.63, 3.8) is 0 Å². The number of aromatic nitrogens is 3. The number of halogens is 1. The van der Waals surface area contributed by atoms with E-state index in [9.17, 15) is 10.1 Å². The smallest absolute Gasteiger partial charge is 0.412 e. The molecule has 2 aliphatic heterocycles. The van der Waals surface area contributed by atoms with Gasteiger partial charge >= 0.3 is 6.09 Å². The number of thiophene rings is 1. The van der Waals surface area contributed by atoms with Gasteiger partial charge in [0.05, 0.1) is 40.9 Å². The first-order valence-electron chi connectivity index (χ1n) is 14.9. The van der Waals surface area contributed by atoms with E-state index in [-0.39, 0.29) is 15.3 Å². The van der Waals surface area contributed by atoms with Crippen LogP contribution < -0.4 is 10.2 Å².